The van der Waals surface area contributed by atoms with Crippen LogP contribution in [0.5, 0.6) is 5.75 Å². The first-order valence-electron chi connectivity index (χ1n) is 9.87. The molecule has 30 heavy (non-hydrogen) atoms. The van der Waals surface area contributed by atoms with Gasteiger partial charge in [0.2, 0.25) is 15.9 Å². The Morgan fingerprint density at radius 2 is 1.87 bits per heavy atom. The molecule has 0 saturated carbocycles. The third-order valence-electron chi connectivity index (χ3n) is 5.74. The van der Waals surface area contributed by atoms with Crippen LogP contribution in [0.1, 0.15) is 19.3 Å². The quantitative estimate of drug-likeness (QED) is 0.627. The number of piperidine rings is 1. The highest BCUT2D eigenvalue weighted by molar-refractivity contribution is 7.89. The van der Waals surface area contributed by atoms with Gasteiger partial charge in [0.1, 0.15) is 17.2 Å². The Morgan fingerprint density at radius 1 is 1.17 bits per heavy atom. The number of sulfonamides is 1. The fourth-order valence-electron chi connectivity index (χ4n) is 3.89. The number of amides is 1. The van der Waals surface area contributed by atoms with Crippen LogP contribution in [0.2, 0.25) is 0 Å². The number of methoxy groups -OCH3 is 2. The fraction of sp³-hybridized carbons (Fsp3) is 0.600. The van der Waals surface area contributed by atoms with Gasteiger partial charge in [-0.05, 0) is 25.0 Å². The highest BCUT2D eigenvalue weighted by Gasteiger charge is 2.44. The van der Waals surface area contributed by atoms with Crippen molar-refractivity contribution < 1.29 is 32.2 Å². The summed E-state index contributed by atoms with van der Waals surface area (Å²) in [7, 11) is -1.17. The van der Waals surface area contributed by atoms with Crippen LogP contribution in [0.15, 0.2) is 29.2 Å². The number of hydrogen-bond donors (Lipinski definition) is 0. The zero-order chi connectivity index (χ0) is 21.8. The maximum atomic E-state index is 13.3. The molecule has 1 fully saturated rings. The number of carbonyl (C=O) groups excluding carboxylic acids is 2. The van der Waals surface area contributed by atoms with Crippen molar-refractivity contribution in [2.45, 2.75) is 24.2 Å². The number of para-hydroxylation sites is 1. The minimum absolute atomic E-state index is 0.0165. The van der Waals surface area contributed by atoms with Crippen molar-refractivity contribution in [1.29, 1.82) is 0 Å². The van der Waals surface area contributed by atoms with Crippen LogP contribution in [0.4, 0.5) is 0 Å². The number of likely N-dealkylation sites (tertiary alicyclic amines) is 1. The van der Waals surface area contributed by atoms with Crippen LogP contribution in [-0.4, -0.2) is 83.1 Å². The molecule has 0 radical (unpaired) electrons. The molecular weight excluding hydrogens is 412 g/mol. The number of nitrogens with zero attached hydrogens (tertiary/aromatic N) is 2. The summed E-state index contributed by atoms with van der Waals surface area (Å²) in [6.45, 7) is 1.42. The van der Waals surface area contributed by atoms with Crippen LogP contribution < -0.4 is 4.74 Å². The highest BCUT2D eigenvalue weighted by atomic mass is 32.2. The Bertz CT molecular complexity index is 879. The lowest BCUT2D eigenvalue weighted by molar-refractivity contribution is -0.141. The number of rotatable bonds is 5. The molecule has 1 amide bonds. The summed E-state index contributed by atoms with van der Waals surface area (Å²) in [5.41, 5.74) is -0.507. The van der Waals surface area contributed by atoms with E-state index in [0.29, 0.717) is 45.6 Å². The summed E-state index contributed by atoms with van der Waals surface area (Å²) >= 11 is 0. The molecule has 0 unspecified atom stereocenters. The van der Waals surface area contributed by atoms with Crippen LogP contribution >= 0.6 is 0 Å². The van der Waals surface area contributed by atoms with E-state index in [0.717, 1.165) is 0 Å². The van der Waals surface area contributed by atoms with E-state index < -0.39 is 21.4 Å². The Hall–Kier alpha value is -2.17. The van der Waals surface area contributed by atoms with E-state index in [1.807, 2.05) is 0 Å². The minimum atomic E-state index is -3.95. The van der Waals surface area contributed by atoms with E-state index in [2.05, 4.69) is 0 Å². The molecule has 1 aromatic rings. The highest BCUT2D eigenvalue weighted by Crippen LogP contribution is 2.39. The second-order valence-electron chi connectivity index (χ2n) is 7.71. The maximum Gasteiger partial charge on any atom is 0.321 e. The lowest BCUT2D eigenvalue weighted by atomic mass is 9.78. The largest absolute Gasteiger partial charge is 0.492 e. The van der Waals surface area contributed by atoms with Gasteiger partial charge in [-0.1, -0.05) is 12.1 Å². The molecule has 1 aromatic carbocycles. The van der Waals surface area contributed by atoms with E-state index in [1.54, 1.807) is 30.2 Å². The van der Waals surface area contributed by atoms with Crippen LogP contribution in [0.25, 0.3) is 0 Å². The summed E-state index contributed by atoms with van der Waals surface area (Å²) in [5.74, 6) is -0.340. The summed E-state index contributed by atoms with van der Waals surface area (Å²) in [5, 5.41) is 0. The van der Waals surface area contributed by atoms with Gasteiger partial charge in [-0.3, -0.25) is 9.59 Å². The summed E-state index contributed by atoms with van der Waals surface area (Å²) in [6, 6.07) is 6.43. The van der Waals surface area contributed by atoms with Gasteiger partial charge < -0.3 is 19.1 Å². The maximum absolute atomic E-state index is 13.3. The number of fused-ring (bicyclic) bond motifs is 1. The van der Waals surface area contributed by atoms with Gasteiger partial charge in [0.25, 0.3) is 0 Å². The molecule has 3 rings (SSSR count). The molecule has 0 aromatic heterocycles. The Labute approximate surface area is 176 Å². The first kappa shape index (κ1) is 22.5. The Kier molecular flexibility index (Phi) is 6.99. The first-order chi connectivity index (χ1) is 14.3. The van der Waals surface area contributed by atoms with E-state index in [9.17, 15) is 18.0 Å². The SMILES string of the molecule is COCCC(=O)N1CCC2(CC1)COc1ccccc1S(=O)(=O)N(CC(=O)OC)C2. The molecule has 0 aliphatic carbocycles. The molecule has 2 aliphatic heterocycles. The molecule has 0 bridgehead atoms. The van der Waals surface area contributed by atoms with Crippen molar-refractivity contribution in [3.8, 4) is 5.75 Å². The predicted molar refractivity (Wildman–Crippen MR) is 107 cm³/mol. The number of benzene rings is 1. The average Bonchev–Trinajstić information content (AvgIpc) is 2.75. The standard InChI is InChI=1S/C20H28N2O7S/c1-27-12-7-18(23)21-10-8-20(9-11-21)14-22(13-19(24)28-2)30(25,26)17-6-4-3-5-16(17)29-15-20/h3-6H,7-15H2,1-2H3. The summed E-state index contributed by atoms with van der Waals surface area (Å²) < 4.78 is 43.4. The van der Waals surface area contributed by atoms with E-state index in [-0.39, 0.29) is 29.6 Å². The van der Waals surface area contributed by atoms with E-state index in [4.69, 9.17) is 14.2 Å². The molecule has 2 heterocycles. The molecule has 10 heteroatoms. The van der Waals surface area contributed by atoms with Crippen LogP contribution in [-0.2, 0) is 29.1 Å². The smallest absolute Gasteiger partial charge is 0.321 e. The van der Waals surface area contributed by atoms with Crippen molar-refractivity contribution in [3.63, 3.8) is 0 Å². The van der Waals surface area contributed by atoms with Gasteiger partial charge >= 0.3 is 5.97 Å². The first-order valence-corrected chi connectivity index (χ1v) is 11.3. The molecule has 0 atom stereocenters. The Morgan fingerprint density at radius 3 is 2.53 bits per heavy atom. The monoisotopic (exact) mass is 440 g/mol. The van der Waals surface area contributed by atoms with Gasteiger partial charge in [0, 0.05) is 32.2 Å². The number of hydrogen-bond acceptors (Lipinski definition) is 7. The zero-order valence-electron chi connectivity index (χ0n) is 17.3. The summed E-state index contributed by atoms with van der Waals surface area (Å²) in [6.07, 6.45) is 1.46. The van der Waals surface area contributed by atoms with Gasteiger partial charge in [-0.2, -0.15) is 4.31 Å². The lowest BCUT2D eigenvalue weighted by Crippen LogP contribution is -2.53. The van der Waals surface area contributed by atoms with E-state index in [1.165, 1.54) is 17.5 Å². The van der Waals surface area contributed by atoms with Gasteiger partial charge in [0.15, 0.2) is 0 Å². The van der Waals surface area contributed by atoms with Crippen LogP contribution in [0, 0.1) is 5.41 Å². The van der Waals surface area contributed by atoms with Crippen molar-refractivity contribution in [1.82, 2.24) is 9.21 Å². The van der Waals surface area contributed by atoms with Crippen molar-refractivity contribution in [2.24, 2.45) is 5.41 Å². The third-order valence-corrected chi connectivity index (χ3v) is 7.57. The fourth-order valence-corrected chi connectivity index (χ4v) is 5.52. The van der Waals surface area contributed by atoms with Crippen molar-refractivity contribution in [3.05, 3.63) is 24.3 Å². The predicted octanol–water partition coefficient (Wildman–Crippen LogP) is 0.888. The zero-order valence-corrected chi connectivity index (χ0v) is 18.2. The number of ether oxygens (including phenoxy) is 3. The second kappa shape index (κ2) is 9.32. The van der Waals surface area contributed by atoms with E-state index >= 15 is 0 Å². The second-order valence-corrected chi connectivity index (χ2v) is 9.61. The number of esters is 1. The molecule has 1 saturated heterocycles. The molecular formula is C20H28N2O7S. The van der Waals surface area contributed by atoms with Crippen LogP contribution in [0.3, 0.4) is 0 Å². The molecule has 166 valence electrons. The molecule has 9 nitrogen and oxygen atoms in total. The minimum Gasteiger partial charge on any atom is -0.492 e. The van der Waals surface area contributed by atoms with Gasteiger partial charge in [-0.15, -0.1) is 0 Å². The lowest BCUT2D eigenvalue weighted by Gasteiger charge is -2.44. The topological polar surface area (TPSA) is 102 Å². The summed E-state index contributed by atoms with van der Waals surface area (Å²) in [4.78, 5) is 26.1. The average molecular weight is 441 g/mol. The third kappa shape index (κ3) is 4.76. The van der Waals surface area contributed by atoms with Gasteiger partial charge in [0.05, 0.1) is 26.7 Å². The Balaban J connectivity index is 1.86. The van der Waals surface area contributed by atoms with Crippen molar-refractivity contribution >= 4 is 21.9 Å². The molecule has 0 N–H and O–H groups in total. The van der Waals surface area contributed by atoms with Crippen molar-refractivity contribution in [2.75, 3.05) is 53.6 Å². The molecule has 1 spiro atoms. The normalized spacial score (nSPS) is 20.5. The molecule has 2 aliphatic rings. The van der Waals surface area contributed by atoms with Gasteiger partial charge in [-0.25, -0.2) is 8.42 Å². The number of carbonyl (C=O) groups is 2.